The molecule has 0 bridgehead atoms. The van der Waals surface area contributed by atoms with E-state index < -0.39 is 9.84 Å². The Morgan fingerprint density at radius 2 is 1.91 bits per heavy atom. The van der Waals surface area contributed by atoms with Crippen LogP contribution >= 0.6 is 0 Å². The number of sulfone groups is 1. The number of hydrogen-bond acceptors (Lipinski definition) is 7. The smallest absolute Gasteiger partial charge is 0.227 e. The van der Waals surface area contributed by atoms with Crippen molar-refractivity contribution in [3.8, 4) is 0 Å². The van der Waals surface area contributed by atoms with Gasteiger partial charge in [-0.05, 0) is 20.4 Å². The molecule has 23 heavy (non-hydrogen) atoms. The summed E-state index contributed by atoms with van der Waals surface area (Å²) < 4.78 is 23.4. The van der Waals surface area contributed by atoms with E-state index >= 15 is 0 Å². The largest absolute Gasteiger partial charge is 0.354 e. The van der Waals surface area contributed by atoms with Crippen LogP contribution in [0.3, 0.4) is 0 Å². The van der Waals surface area contributed by atoms with Crippen molar-refractivity contribution < 1.29 is 8.42 Å². The van der Waals surface area contributed by atoms with Crippen molar-refractivity contribution in [2.75, 3.05) is 61.6 Å². The molecular formula is C15H25N5O2S. The molecule has 0 saturated carbocycles. The van der Waals surface area contributed by atoms with Crippen molar-refractivity contribution in [2.45, 2.75) is 19.4 Å². The minimum atomic E-state index is -2.91. The molecule has 2 fully saturated rings. The lowest BCUT2D eigenvalue weighted by Crippen LogP contribution is -2.45. The number of likely N-dealkylation sites (N-methyl/N-ethyl adjacent to an activating group) is 1. The van der Waals surface area contributed by atoms with Gasteiger partial charge in [0.2, 0.25) is 5.95 Å². The molecule has 2 saturated heterocycles. The predicted molar refractivity (Wildman–Crippen MR) is 91.9 cm³/mol. The van der Waals surface area contributed by atoms with E-state index in [1.165, 1.54) is 0 Å². The first-order valence-electron chi connectivity index (χ1n) is 8.06. The molecule has 128 valence electrons. The summed E-state index contributed by atoms with van der Waals surface area (Å²) in [7, 11) is 1.12. The maximum absolute atomic E-state index is 11.7. The molecule has 0 N–H and O–H groups in total. The highest BCUT2D eigenvalue weighted by Crippen LogP contribution is 2.23. The third-order valence-electron chi connectivity index (χ3n) is 4.73. The first kappa shape index (κ1) is 16.4. The summed E-state index contributed by atoms with van der Waals surface area (Å²) >= 11 is 0. The van der Waals surface area contributed by atoms with Gasteiger partial charge in [-0.3, -0.25) is 0 Å². The normalized spacial score (nSPS) is 24.8. The van der Waals surface area contributed by atoms with Crippen LogP contribution in [0.5, 0.6) is 0 Å². The van der Waals surface area contributed by atoms with Gasteiger partial charge in [-0.1, -0.05) is 0 Å². The molecule has 1 unspecified atom stereocenters. The van der Waals surface area contributed by atoms with Crippen LogP contribution in [-0.4, -0.2) is 81.1 Å². The topological polar surface area (TPSA) is 69.6 Å². The van der Waals surface area contributed by atoms with Gasteiger partial charge >= 0.3 is 0 Å². The lowest BCUT2D eigenvalue weighted by atomic mass is 10.2. The first-order chi connectivity index (χ1) is 10.8. The number of hydrogen-bond donors (Lipinski definition) is 0. The van der Waals surface area contributed by atoms with Gasteiger partial charge in [0.25, 0.3) is 0 Å². The minimum absolute atomic E-state index is 0.0258. The Bertz CT molecular complexity index is 670. The Hall–Kier alpha value is -1.41. The summed E-state index contributed by atoms with van der Waals surface area (Å²) in [5.74, 6) is 2.03. The van der Waals surface area contributed by atoms with Gasteiger partial charge in [0.05, 0.1) is 11.5 Å². The molecule has 0 amide bonds. The summed E-state index contributed by atoms with van der Waals surface area (Å²) in [5, 5.41) is 0. The molecule has 8 heteroatoms. The Balaban J connectivity index is 1.80. The van der Waals surface area contributed by atoms with Crippen LogP contribution in [0.2, 0.25) is 0 Å². The Labute approximate surface area is 138 Å². The third kappa shape index (κ3) is 3.74. The molecule has 1 aromatic rings. The van der Waals surface area contributed by atoms with Crippen molar-refractivity contribution in [3.05, 3.63) is 11.8 Å². The average Bonchev–Trinajstić information content (AvgIpc) is 2.86. The standard InChI is InChI=1S/C15H25N5O2S/c1-12-10-14(20-7-5-18(2)6-8-20)17-15(16-12)19(3)13-4-9-23(21,22)11-13/h10,13H,4-9,11H2,1-3H3. The molecule has 0 spiro atoms. The zero-order valence-electron chi connectivity index (χ0n) is 14.1. The van der Waals surface area contributed by atoms with Crippen molar-refractivity contribution in [1.82, 2.24) is 14.9 Å². The fourth-order valence-electron chi connectivity index (χ4n) is 3.14. The second-order valence-electron chi connectivity index (χ2n) is 6.63. The summed E-state index contributed by atoms with van der Waals surface area (Å²) in [6.45, 7) is 5.91. The number of piperazine rings is 1. The van der Waals surface area contributed by atoms with Crippen LogP contribution in [0.4, 0.5) is 11.8 Å². The molecular weight excluding hydrogens is 314 g/mol. The van der Waals surface area contributed by atoms with Gasteiger partial charge in [-0.15, -0.1) is 0 Å². The number of nitrogens with zero attached hydrogens (tertiary/aromatic N) is 5. The van der Waals surface area contributed by atoms with E-state index in [1.807, 2.05) is 24.9 Å². The maximum Gasteiger partial charge on any atom is 0.227 e. The van der Waals surface area contributed by atoms with Gasteiger partial charge < -0.3 is 14.7 Å². The molecule has 0 radical (unpaired) electrons. The molecule has 0 aliphatic carbocycles. The van der Waals surface area contributed by atoms with Gasteiger partial charge in [-0.25, -0.2) is 13.4 Å². The second-order valence-corrected chi connectivity index (χ2v) is 8.85. The fraction of sp³-hybridized carbons (Fsp3) is 0.733. The molecule has 0 aromatic carbocycles. The van der Waals surface area contributed by atoms with E-state index in [-0.39, 0.29) is 17.5 Å². The van der Waals surface area contributed by atoms with E-state index in [0.29, 0.717) is 12.4 Å². The molecule has 7 nitrogen and oxygen atoms in total. The summed E-state index contributed by atoms with van der Waals surface area (Å²) in [6, 6.07) is 1.98. The summed E-state index contributed by atoms with van der Waals surface area (Å²) in [5.41, 5.74) is 0.914. The lowest BCUT2D eigenvalue weighted by molar-refractivity contribution is 0.312. The zero-order valence-corrected chi connectivity index (χ0v) is 14.9. The molecule has 3 rings (SSSR count). The van der Waals surface area contributed by atoms with E-state index in [2.05, 4.69) is 21.8 Å². The van der Waals surface area contributed by atoms with Gasteiger partial charge in [-0.2, -0.15) is 4.98 Å². The maximum atomic E-state index is 11.7. The van der Waals surface area contributed by atoms with E-state index in [4.69, 9.17) is 4.98 Å². The average molecular weight is 339 g/mol. The van der Waals surface area contributed by atoms with Crippen molar-refractivity contribution in [3.63, 3.8) is 0 Å². The molecule has 2 aliphatic heterocycles. The monoisotopic (exact) mass is 339 g/mol. The lowest BCUT2D eigenvalue weighted by Gasteiger charge is -2.34. The van der Waals surface area contributed by atoms with Crippen LogP contribution in [0.25, 0.3) is 0 Å². The van der Waals surface area contributed by atoms with E-state index in [1.54, 1.807) is 0 Å². The molecule has 3 heterocycles. The van der Waals surface area contributed by atoms with E-state index in [9.17, 15) is 8.42 Å². The minimum Gasteiger partial charge on any atom is -0.354 e. The van der Waals surface area contributed by atoms with Crippen LogP contribution in [0, 0.1) is 6.92 Å². The second kappa shape index (κ2) is 6.24. The highest BCUT2D eigenvalue weighted by atomic mass is 32.2. The number of rotatable bonds is 3. The summed E-state index contributed by atoms with van der Waals surface area (Å²) in [4.78, 5) is 15.7. The van der Waals surface area contributed by atoms with Crippen molar-refractivity contribution in [1.29, 1.82) is 0 Å². The number of anilines is 2. The quantitative estimate of drug-likeness (QED) is 0.777. The SMILES string of the molecule is Cc1cc(N2CCN(C)CC2)nc(N(C)C2CCS(=O)(=O)C2)n1. The third-order valence-corrected chi connectivity index (χ3v) is 6.48. The van der Waals surface area contributed by atoms with Crippen molar-refractivity contribution >= 4 is 21.6 Å². The van der Waals surface area contributed by atoms with E-state index in [0.717, 1.165) is 37.7 Å². The Morgan fingerprint density at radius 1 is 1.22 bits per heavy atom. The van der Waals surface area contributed by atoms with Crippen LogP contribution in [-0.2, 0) is 9.84 Å². The number of aryl methyl sites for hydroxylation is 1. The summed E-state index contributed by atoms with van der Waals surface area (Å²) in [6.07, 6.45) is 0.653. The van der Waals surface area contributed by atoms with Gasteiger partial charge in [0.1, 0.15) is 5.82 Å². The van der Waals surface area contributed by atoms with Gasteiger partial charge in [0, 0.05) is 51.0 Å². The predicted octanol–water partition coefficient (Wildman–Crippen LogP) is 0.160. The van der Waals surface area contributed by atoms with Crippen LogP contribution < -0.4 is 9.80 Å². The highest BCUT2D eigenvalue weighted by Gasteiger charge is 2.32. The van der Waals surface area contributed by atoms with Gasteiger partial charge in [0.15, 0.2) is 9.84 Å². The molecule has 1 aromatic heterocycles. The van der Waals surface area contributed by atoms with Crippen LogP contribution in [0.1, 0.15) is 12.1 Å². The Morgan fingerprint density at radius 3 is 2.52 bits per heavy atom. The highest BCUT2D eigenvalue weighted by molar-refractivity contribution is 7.91. The fourth-order valence-corrected chi connectivity index (χ4v) is 4.91. The first-order valence-corrected chi connectivity index (χ1v) is 9.89. The molecule has 2 aliphatic rings. The Kier molecular flexibility index (Phi) is 4.46. The van der Waals surface area contributed by atoms with Crippen molar-refractivity contribution in [2.24, 2.45) is 0 Å². The molecule has 1 atom stereocenters. The number of aromatic nitrogens is 2. The zero-order chi connectivity index (χ0) is 16.6. The van der Waals surface area contributed by atoms with Crippen LogP contribution in [0.15, 0.2) is 6.07 Å².